The predicted molar refractivity (Wildman–Crippen MR) is 185 cm³/mol. The third-order valence-electron chi connectivity index (χ3n) is 8.39. The van der Waals surface area contributed by atoms with Gasteiger partial charge in [0.1, 0.15) is 11.6 Å². The number of nitrogens with one attached hydrogen (secondary N) is 3. The summed E-state index contributed by atoms with van der Waals surface area (Å²) >= 11 is 5.90. The van der Waals surface area contributed by atoms with Gasteiger partial charge < -0.3 is 25.6 Å². The maximum atomic E-state index is 13.1. The van der Waals surface area contributed by atoms with Crippen LogP contribution >= 0.6 is 11.6 Å². The molecule has 3 N–H and O–H groups in total. The Morgan fingerprint density at radius 3 is 2.30 bits per heavy atom. The van der Waals surface area contributed by atoms with Gasteiger partial charge in [0.05, 0.1) is 5.52 Å². The minimum absolute atomic E-state index is 0.136. The van der Waals surface area contributed by atoms with E-state index in [9.17, 15) is 9.59 Å². The van der Waals surface area contributed by atoms with Gasteiger partial charge >= 0.3 is 0 Å². The molecular formula is C36H43ClN6O3. The van der Waals surface area contributed by atoms with E-state index in [1.54, 1.807) is 38.1 Å². The molecule has 1 heterocycles. The van der Waals surface area contributed by atoms with E-state index in [1.807, 2.05) is 67.5 Å². The molecule has 0 bridgehead atoms. The summed E-state index contributed by atoms with van der Waals surface area (Å²) in [5.41, 5.74) is 1.53. The lowest BCUT2D eigenvalue weighted by Crippen LogP contribution is -2.48. The second-order valence-electron chi connectivity index (χ2n) is 12.6. The van der Waals surface area contributed by atoms with Crippen molar-refractivity contribution in [2.45, 2.75) is 57.6 Å². The Balaban J connectivity index is 1.03. The topological polar surface area (TPSA) is 108 Å². The summed E-state index contributed by atoms with van der Waals surface area (Å²) < 4.78 is 6.09. The summed E-state index contributed by atoms with van der Waals surface area (Å²) in [6.45, 7) is 4.70. The largest absolute Gasteiger partial charge is 0.478 e. The Bertz CT molecular complexity index is 1630. The average Bonchev–Trinajstić information content (AvgIpc) is 3.04. The number of aromatic nitrogens is 2. The minimum Gasteiger partial charge on any atom is -0.478 e. The van der Waals surface area contributed by atoms with E-state index in [1.165, 1.54) is 0 Å². The van der Waals surface area contributed by atoms with Crippen LogP contribution in [0.5, 0.6) is 5.75 Å². The first kappa shape index (κ1) is 33.0. The van der Waals surface area contributed by atoms with Crippen molar-refractivity contribution in [3.63, 3.8) is 0 Å². The second kappa shape index (κ2) is 14.8. The first-order valence-corrected chi connectivity index (χ1v) is 16.3. The van der Waals surface area contributed by atoms with Crippen molar-refractivity contribution in [1.82, 2.24) is 20.6 Å². The molecule has 4 aromatic rings. The molecule has 10 heteroatoms. The maximum absolute atomic E-state index is 13.1. The zero-order chi connectivity index (χ0) is 32.7. The molecular weight excluding hydrogens is 600 g/mol. The lowest BCUT2D eigenvalue weighted by molar-refractivity contribution is -0.134. The summed E-state index contributed by atoms with van der Waals surface area (Å²) in [7, 11) is 3.99. The van der Waals surface area contributed by atoms with Gasteiger partial charge in [0, 0.05) is 49.2 Å². The fourth-order valence-electron chi connectivity index (χ4n) is 5.70. The lowest BCUT2D eigenvalue weighted by atomic mass is 9.86. The van der Waals surface area contributed by atoms with Crippen LogP contribution in [0.2, 0.25) is 5.02 Å². The summed E-state index contributed by atoms with van der Waals surface area (Å²) in [6.07, 6.45) is 4.67. The molecule has 0 atom stereocenters. The highest BCUT2D eigenvalue weighted by Gasteiger charge is 2.31. The Hall–Kier alpha value is -4.37. The average molecular weight is 643 g/mol. The number of hydrogen-bond donors (Lipinski definition) is 3. The zero-order valence-electron chi connectivity index (χ0n) is 27.0. The third-order valence-corrected chi connectivity index (χ3v) is 8.64. The molecule has 0 unspecified atom stereocenters. The Kier molecular flexibility index (Phi) is 10.6. The Labute approximate surface area is 276 Å². The molecule has 0 saturated heterocycles. The highest BCUT2D eigenvalue weighted by atomic mass is 35.5. The number of carbonyl (C=O) groups excluding carboxylic acids is 2. The highest BCUT2D eigenvalue weighted by molar-refractivity contribution is 6.30. The van der Waals surface area contributed by atoms with Crippen molar-refractivity contribution in [3.05, 3.63) is 88.9 Å². The molecule has 242 valence electrons. The van der Waals surface area contributed by atoms with Crippen LogP contribution in [-0.4, -0.2) is 60.6 Å². The lowest BCUT2D eigenvalue weighted by Gasteiger charge is -2.31. The number of carbonyl (C=O) groups is 2. The van der Waals surface area contributed by atoms with Crippen LogP contribution in [-0.2, 0) is 11.2 Å². The van der Waals surface area contributed by atoms with Crippen LogP contribution in [0.3, 0.4) is 0 Å². The number of anilines is 2. The highest BCUT2D eigenvalue weighted by Crippen LogP contribution is 2.28. The van der Waals surface area contributed by atoms with Crippen molar-refractivity contribution >= 4 is 46.1 Å². The van der Waals surface area contributed by atoms with Gasteiger partial charge in [-0.1, -0.05) is 35.9 Å². The number of nitrogens with zero attached hydrogens (tertiary/aromatic N) is 3. The molecule has 46 heavy (non-hydrogen) atoms. The van der Waals surface area contributed by atoms with Gasteiger partial charge in [-0.25, -0.2) is 4.98 Å². The van der Waals surface area contributed by atoms with E-state index < -0.39 is 5.60 Å². The van der Waals surface area contributed by atoms with Gasteiger partial charge in [0.15, 0.2) is 5.60 Å². The molecule has 3 aromatic carbocycles. The summed E-state index contributed by atoms with van der Waals surface area (Å²) in [5, 5.41) is 11.2. The smallest absolute Gasteiger partial charge is 0.263 e. The van der Waals surface area contributed by atoms with Gasteiger partial charge in [0.2, 0.25) is 5.95 Å². The van der Waals surface area contributed by atoms with Gasteiger partial charge in [-0.15, -0.1) is 0 Å². The van der Waals surface area contributed by atoms with Gasteiger partial charge in [0.25, 0.3) is 11.8 Å². The van der Waals surface area contributed by atoms with Gasteiger partial charge in [-0.05, 0) is 106 Å². The van der Waals surface area contributed by atoms with E-state index in [0.717, 1.165) is 48.0 Å². The number of para-hydroxylation sites is 1. The van der Waals surface area contributed by atoms with Crippen molar-refractivity contribution in [3.8, 4) is 5.75 Å². The van der Waals surface area contributed by atoms with Crippen LogP contribution in [0, 0.1) is 5.92 Å². The number of hydrogen-bond acceptors (Lipinski definition) is 7. The molecule has 9 nitrogen and oxygen atoms in total. The SMILES string of the molecule is CN(C)c1nc(NC2CCC(CNC(=O)C(C)(C)Oc3ccc(CCNC(=O)c4ccc(Cl)cc4)cc3)CC2)nc2ccccc12. The van der Waals surface area contributed by atoms with Crippen molar-refractivity contribution in [2.24, 2.45) is 5.92 Å². The molecule has 5 rings (SSSR count). The summed E-state index contributed by atoms with van der Waals surface area (Å²) in [5.74, 6) is 2.32. The number of halogens is 1. The number of rotatable bonds is 12. The van der Waals surface area contributed by atoms with Crippen molar-refractivity contribution in [1.29, 1.82) is 0 Å². The first-order chi connectivity index (χ1) is 22.1. The number of ether oxygens (including phenoxy) is 1. The van der Waals surface area contributed by atoms with Crippen LogP contribution in [0.1, 0.15) is 55.5 Å². The van der Waals surface area contributed by atoms with E-state index >= 15 is 0 Å². The fraction of sp³-hybridized carbons (Fsp3) is 0.389. The molecule has 0 spiro atoms. The zero-order valence-corrected chi connectivity index (χ0v) is 27.7. The fourth-order valence-corrected chi connectivity index (χ4v) is 5.82. The number of amides is 2. The standard InChI is InChI=1S/C36H43ClN6O3/c1-36(2,46-29-19-11-24(12-20-29)21-22-38-33(44)26-13-15-27(37)16-14-26)34(45)39-23-25-9-17-28(18-10-25)40-35-41-31-8-6-5-7-30(31)32(42-35)43(3)4/h5-8,11-16,19-20,25,28H,9-10,17-18,21-23H2,1-4H3,(H,38,44)(H,39,45)(H,40,41,42). The van der Waals surface area contributed by atoms with Crippen LogP contribution in [0.25, 0.3) is 10.9 Å². The molecule has 1 saturated carbocycles. The molecule has 1 aliphatic carbocycles. The monoisotopic (exact) mass is 642 g/mol. The second-order valence-corrected chi connectivity index (χ2v) is 13.1. The molecule has 2 amide bonds. The van der Waals surface area contributed by atoms with Crippen LogP contribution < -0.4 is 25.6 Å². The van der Waals surface area contributed by atoms with E-state index in [2.05, 4.69) is 16.0 Å². The Morgan fingerprint density at radius 2 is 1.61 bits per heavy atom. The first-order valence-electron chi connectivity index (χ1n) is 15.9. The van der Waals surface area contributed by atoms with Crippen molar-refractivity contribution in [2.75, 3.05) is 37.4 Å². The van der Waals surface area contributed by atoms with E-state index in [0.29, 0.717) is 53.8 Å². The van der Waals surface area contributed by atoms with E-state index in [-0.39, 0.29) is 11.8 Å². The minimum atomic E-state index is -1.02. The van der Waals surface area contributed by atoms with Crippen molar-refractivity contribution < 1.29 is 14.3 Å². The Morgan fingerprint density at radius 1 is 0.913 bits per heavy atom. The quantitative estimate of drug-likeness (QED) is 0.167. The van der Waals surface area contributed by atoms with Gasteiger partial charge in [-0.3, -0.25) is 9.59 Å². The normalized spacial score (nSPS) is 16.5. The molecule has 0 radical (unpaired) electrons. The number of fused-ring (bicyclic) bond motifs is 1. The maximum Gasteiger partial charge on any atom is 0.263 e. The van der Waals surface area contributed by atoms with Gasteiger partial charge in [-0.2, -0.15) is 4.98 Å². The van der Waals surface area contributed by atoms with E-state index in [4.69, 9.17) is 26.3 Å². The summed E-state index contributed by atoms with van der Waals surface area (Å²) in [6, 6.07) is 22.8. The third kappa shape index (κ3) is 8.66. The predicted octanol–water partition coefficient (Wildman–Crippen LogP) is 6.27. The molecule has 1 aromatic heterocycles. The molecule has 0 aliphatic heterocycles. The molecule has 1 aliphatic rings. The van der Waals surface area contributed by atoms with Crippen LogP contribution in [0.15, 0.2) is 72.8 Å². The molecule has 1 fully saturated rings. The van der Waals surface area contributed by atoms with Crippen LogP contribution in [0.4, 0.5) is 11.8 Å². The summed E-state index contributed by atoms with van der Waals surface area (Å²) in [4.78, 5) is 37.0. The number of benzene rings is 3.